The van der Waals surface area contributed by atoms with Gasteiger partial charge >= 0.3 is 311 Å². The van der Waals surface area contributed by atoms with Crippen molar-refractivity contribution < 1.29 is 0 Å². The average molecular weight is 739 g/mol. The number of fused-ring (bicyclic) bond motifs is 10. The fourth-order valence-electron chi connectivity index (χ4n) is 8.93. The van der Waals surface area contributed by atoms with Crippen LogP contribution in [-0.2, 0) is 0 Å². The first-order valence-electron chi connectivity index (χ1n) is 18.3. The standard InChI is InChI=1S/C48H34GeN4/c1-49(2)39-30-34(26-27-37(39)46-44(49)45(31-16-6-3-7-17-31)50-48(51-46)32-18-8-4-9-19-32)52-41-25-15-13-23-38(41)43-42(52)29-28-36-35-22-12-14-24-40(35)53(47(36)43)33-20-10-5-11-21-33/h3-30H,1-2H3. The van der Waals surface area contributed by atoms with Gasteiger partial charge in [-0.15, -0.1) is 0 Å². The van der Waals surface area contributed by atoms with E-state index in [4.69, 9.17) is 9.97 Å². The molecule has 0 fully saturated rings. The quantitative estimate of drug-likeness (QED) is 0.169. The second kappa shape index (κ2) is 11.4. The number of para-hydroxylation sites is 3. The molecule has 4 heterocycles. The van der Waals surface area contributed by atoms with E-state index in [9.17, 15) is 0 Å². The van der Waals surface area contributed by atoms with Crippen LogP contribution in [0.25, 0.3) is 88.9 Å². The van der Waals surface area contributed by atoms with E-state index in [0.717, 1.165) is 28.3 Å². The molecule has 0 saturated heterocycles. The minimum atomic E-state index is -2.95. The Morgan fingerprint density at radius 1 is 0.453 bits per heavy atom. The second-order valence-corrected chi connectivity index (χ2v) is 23.6. The van der Waals surface area contributed by atoms with Gasteiger partial charge in [0, 0.05) is 0 Å². The molecule has 0 spiro atoms. The molecule has 0 saturated carbocycles. The van der Waals surface area contributed by atoms with Crippen molar-refractivity contribution in [2.75, 3.05) is 0 Å². The number of hydrogen-bond acceptors (Lipinski definition) is 2. The van der Waals surface area contributed by atoms with Gasteiger partial charge in [-0.05, 0) is 0 Å². The Bertz CT molecular complexity index is 3070. The number of benzene rings is 7. The molecule has 0 unspecified atom stereocenters. The van der Waals surface area contributed by atoms with Gasteiger partial charge in [-0.3, -0.25) is 0 Å². The molecular formula is C48H34GeN4. The number of hydrogen-bond donors (Lipinski definition) is 0. The Balaban J connectivity index is 1.19. The molecule has 5 heteroatoms. The molecule has 0 aliphatic carbocycles. The van der Waals surface area contributed by atoms with Crippen LogP contribution in [-0.4, -0.2) is 32.4 Å². The Hall–Kier alpha value is -6.24. The van der Waals surface area contributed by atoms with Crippen molar-refractivity contribution in [3.8, 4) is 45.3 Å². The Labute approximate surface area is 310 Å². The predicted octanol–water partition coefficient (Wildman–Crippen LogP) is 10.8. The zero-order valence-electron chi connectivity index (χ0n) is 29.5. The summed E-state index contributed by atoms with van der Waals surface area (Å²) in [6.07, 6.45) is 0. The predicted molar refractivity (Wildman–Crippen MR) is 224 cm³/mol. The van der Waals surface area contributed by atoms with E-state index in [0.29, 0.717) is 0 Å². The van der Waals surface area contributed by atoms with Crippen LogP contribution < -0.4 is 8.79 Å². The molecule has 250 valence electrons. The van der Waals surface area contributed by atoms with Crippen molar-refractivity contribution >= 4 is 65.7 Å². The average Bonchev–Trinajstić information content (AvgIpc) is 3.81. The van der Waals surface area contributed by atoms with Crippen LogP contribution >= 0.6 is 0 Å². The topological polar surface area (TPSA) is 35.6 Å². The summed E-state index contributed by atoms with van der Waals surface area (Å²) in [6, 6.07) is 61.3. The van der Waals surface area contributed by atoms with E-state index in [1.807, 2.05) is 6.07 Å². The minimum absolute atomic E-state index is 0.776. The summed E-state index contributed by atoms with van der Waals surface area (Å²) >= 11 is -2.95. The Morgan fingerprint density at radius 3 is 1.79 bits per heavy atom. The molecule has 11 rings (SSSR count). The summed E-state index contributed by atoms with van der Waals surface area (Å²) in [5.41, 5.74) is 12.8. The van der Waals surface area contributed by atoms with Gasteiger partial charge in [-0.2, -0.15) is 0 Å². The third-order valence-corrected chi connectivity index (χ3v) is 18.6. The normalized spacial score (nSPS) is 13.2. The maximum absolute atomic E-state index is 5.36. The zero-order chi connectivity index (χ0) is 35.3. The Morgan fingerprint density at radius 2 is 1.06 bits per heavy atom. The van der Waals surface area contributed by atoms with Crippen LogP contribution in [0.1, 0.15) is 0 Å². The third kappa shape index (κ3) is 4.36. The van der Waals surface area contributed by atoms with E-state index in [1.54, 1.807) is 0 Å². The van der Waals surface area contributed by atoms with Gasteiger partial charge in [0.2, 0.25) is 0 Å². The van der Waals surface area contributed by atoms with Crippen molar-refractivity contribution in [2.24, 2.45) is 0 Å². The zero-order valence-corrected chi connectivity index (χ0v) is 31.6. The summed E-state index contributed by atoms with van der Waals surface area (Å²) in [4.78, 5) is 10.7. The molecule has 53 heavy (non-hydrogen) atoms. The van der Waals surface area contributed by atoms with E-state index in [-0.39, 0.29) is 0 Å². The summed E-state index contributed by atoms with van der Waals surface area (Å²) < 4.78 is 7.74. The first-order valence-corrected chi connectivity index (χ1v) is 24.6. The van der Waals surface area contributed by atoms with Gasteiger partial charge in [-0.1, -0.05) is 0 Å². The molecule has 0 N–H and O–H groups in total. The van der Waals surface area contributed by atoms with Crippen LogP contribution in [0, 0.1) is 0 Å². The van der Waals surface area contributed by atoms with Gasteiger partial charge in [0.25, 0.3) is 0 Å². The Kier molecular flexibility index (Phi) is 6.53. The van der Waals surface area contributed by atoms with Crippen molar-refractivity contribution in [1.29, 1.82) is 0 Å². The fourth-order valence-corrected chi connectivity index (χ4v) is 15.7. The van der Waals surface area contributed by atoms with E-state index < -0.39 is 13.3 Å². The molecular weight excluding hydrogens is 705 g/mol. The van der Waals surface area contributed by atoms with Crippen LogP contribution in [0.4, 0.5) is 0 Å². The fraction of sp³-hybridized carbons (Fsp3) is 0.0417. The van der Waals surface area contributed by atoms with Gasteiger partial charge in [0.15, 0.2) is 0 Å². The van der Waals surface area contributed by atoms with E-state index in [2.05, 4.69) is 184 Å². The van der Waals surface area contributed by atoms with E-state index >= 15 is 0 Å². The van der Waals surface area contributed by atoms with Gasteiger partial charge in [-0.25, -0.2) is 0 Å². The van der Waals surface area contributed by atoms with Crippen LogP contribution in [0.15, 0.2) is 170 Å². The number of nitrogens with zero attached hydrogens (tertiary/aromatic N) is 4. The third-order valence-electron chi connectivity index (χ3n) is 11.3. The summed E-state index contributed by atoms with van der Waals surface area (Å²) in [7, 11) is 0. The molecule has 1 aliphatic heterocycles. The van der Waals surface area contributed by atoms with Crippen molar-refractivity contribution in [3.05, 3.63) is 170 Å². The molecule has 4 nitrogen and oxygen atoms in total. The molecule has 0 bridgehead atoms. The molecule has 0 atom stereocenters. The number of rotatable bonds is 4. The van der Waals surface area contributed by atoms with Gasteiger partial charge in [0.05, 0.1) is 0 Å². The monoisotopic (exact) mass is 740 g/mol. The molecule has 0 radical (unpaired) electrons. The van der Waals surface area contributed by atoms with Crippen LogP contribution in [0.2, 0.25) is 11.5 Å². The first-order chi connectivity index (χ1) is 26.1. The first kappa shape index (κ1) is 30.4. The van der Waals surface area contributed by atoms with Crippen molar-refractivity contribution in [1.82, 2.24) is 19.1 Å². The molecule has 7 aromatic carbocycles. The number of aromatic nitrogens is 4. The summed E-state index contributed by atoms with van der Waals surface area (Å²) in [6.45, 7) is 0. The molecule has 0 amide bonds. The summed E-state index contributed by atoms with van der Waals surface area (Å²) in [5.74, 6) is 5.80. The van der Waals surface area contributed by atoms with Gasteiger partial charge < -0.3 is 0 Å². The van der Waals surface area contributed by atoms with Crippen LogP contribution in [0.3, 0.4) is 0 Å². The van der Waals surface area contributed by atoms with E-state index in [1.165, 1.54) is 69.3 Å². The van der Waals surface area contributed by atoms with Crippen molar-refractivity contribution in [2.45, 2.75) is 11.5 Å². The molecule has 1 aliphatic rings. The van der Waals surface area contributed by atoms with Crippen molar-refractivity contribution in [3.63, 3.8) is 0 Å². The second-order valence-electron chi connectivity index (χ2n) is 14.6. The van der Waals surface area contributed by atoms with Crippen LogP contribution in [0.5, 0.6) is 0 Å². The summed E-state index contributed by atoms with van der Waals surface area (Å²) in [5, 5.41) is 5.05. The SMILES string of the molecule is [CH3][Ge]1([CH3])[c]2cc(-n3c4ccccc4c4c3ccc3c5ccccc5n(-c5ccccc5)c34)ccc2-c2nc(-c3ccccc3)nc(-c3ccccc3)[c]21. The van der Waals surface area contributed by atoms with Gasteiger partial charge in [0.1, 0.15) is 0 Å². The maximum atomic E-state index is 5.36. The molecule has 3 aromatic heterocycles. The molecule has 10 aromatic rings.